The number of hydrogen-bond donors (Lipinski definition) is 1. The molecule has 32 heavy (non-hydrogen) atoms. The summed E-state index contributed by atoms with van der Waals surface area (Å²) in [6.45, 7) is 1.67. The Kier molecular flexibility index (Phi) is 4.84. The summed E-state index contributed by atoms with van der Waals surface area (Å²) in [7, 11) is 0. The number of hydrogen-bond acceptors (Lipinski definition) is 6. The van der Waals surface area contributed by atoms with E-state index in [2.05, 4.69) is 15.9 Å². The van der Waals surface area contributed by atoms with Crippen LogP contribution in [-0.4, -0.2) is 32.6 Å². The molecular weight excluding hydrogens is 406 g/mol. The SMILES string of the molecule is O=c1cc(-c2ccc(-c3cn(CC45CC(C4)C5)nn3)cc2)ccn1NOC1CCCCO1. The Bertz CT molecular complexity index is 1150. The van der Waals surface area contributed by atoms with Crippen LogP contribution in [0.5, 0.6) is 0 Å². The highest BCUT2D eigenvalue weighted by Crippen LogP contribution is 2.65. The zero-order chi connectivity index (χ0) is 21.5. The van der Waals surface area contributed by atoms with Gasteiger partial charge in [0.25, 0.3) is 5.56 Å². The number of benzene rings is 1. The van der Waals surface area contributed by atoms with E-state index in [1.807, 2.05) is 41.2 Å². The van der Waals surface area contributed by atoms with E-state index in [1.165, 1.54) is 23.9 Å². The van der Waals surface area contributed by atoms with Gasteiger partial charge in [-0.1, -0.05) is 29.5 Å². The molecule has 8 heteroatoms. The highest BCUT2D eigenvalue weighted by Gasteiger charge is 2.56. The number of rotatable bonds is 7. The molecule has 1 aromatic carbocycles. The van der Waals surface area contributed by atoms with Crippen molar-refractivity contribution in [1.29, 1.82) is 0 Å². The topological polar surface area (TPSA) is 83.2 Å². The quantitative estimate of drug-likeness (QED) is 0.574. The van der Waals surface area contributed by atoms with Gasteiger partial charge in [0.05, 0.1) is 6.20 Å². The van der Waals surface area contributed by atoms with Gasteiger partial charge >= 0.3 is 0 Å². The first kappa shape index (κ1) is 19.7. The molecule has 4 fully saturated rings. The van der Waals surface area contributed by atoms with E-state index in [-0.39, 0.29) is 11.8 Å². The van der Waals surface area contributed by atoms with Crippen molar-refractivity contribution in [2.24, 2.45) is 11.3 Å². The fourth-order valence-electron chi connectivity index (χ4n) is 5.19. The lowest BCUT2D eigenvalue weighted by Crippen LogP contribution is -2.54. The number of nitrogens with one attached hydrogen (secondary N) is 1. The summed E-state index contributed by atoms with van der Waals surface area (Å²) in [4.78, 5) is 18.0. The van der Waals surface area contributed by atoms with Crippen LogP contribution in [0.2, 0.25) is 0 Å². The standard InChI is InChI=1S/C24H27N5O3/c30-22-11-20(8-9-29(22)27-32-23-3-1-2-10-31-23)18-4-6-19(7-5-18)21-15-28(26-25-21)16-24-12-17(13-24)14-24/h4-9,11,15,17,23,27H,1-3,10,12-14,16H2. The molecule has 4 aliphatic rings. The minimum Gasteiger partial charge on any atom is -0.350 e. The highest BCUT2D eigenvalue weighted by molar-refractivity contribution is 5.68. The molecule has 3 aromatic rings. The van der Waals surface area contributed by atoms with Crippen LogP contribution in [0.25, 0.3) is 22.4 Å². The van der Waals surface area contributed by atoms with Crippen LogP contribution < -0.4 is 11.1 Å². The lowest BCUT2D eigenvalue weighted by molar-refractivity contribution is -0.154. The molecule has 0 spiro atoms. The molecule has 1 saturated heterocycles. The van der Waals surface area contributed by atoms with Gasteiger partial charge in [-0.25, -0.2) is 9.51 Å². The molecular formula is C24H27N5O3. The average molecular weight is 434 g/mol. The number of aromatic nitrogens is 4. The Balaban J connectivity index is 1.11. The summed E-state index contributed by atoms with van der Waals surface area (Å²) in [5.74, 6) is 0.974. The number of nitrogens with zero attached hydrogens (tertiary/aromatic N) is 4. The average Bonchev–Trinajstić information content (AvgIpc) is 3.24. The van der Waals surface area contributed by atoms with E-state index in [0.29, 0.717) is 12.0 Å². The lowest BCUT2D eigenvalue weighted by atomic mass is 9.44. The second-order valence-corrected chi connectivity index (χ2v) is 9.49. The van der Waals surface area contributed by atoms with Gasteiger partial charge in [0, 0.05) is 37.4 Å². The fourth-order valence-corrected chi connectivity index (χ4v) is 5.19. The van der Waals surface area contributed by atoms with Crippen molar-refractivity contribution in [3.05, 3.63) is 59.1 Å². The van der Waals surface area contributed by atoms with Crippen LogP contribution in [0.1, 0.15) is 38.5 Å². The van der Waals surface area contributed by atoms with Gasteiger partial charge < -0.3 is 4.74 Å². The van der Waals surface area contributed by atoms with E-state index in [0.717, 1.165) is 54.1 Å². The molecule has 0 amide bonds. The second-order valence-electron chi connectivity index (χ2n) is 9.49. The summed E-state index contributed by atoms with van der Waals surface area (Å²) in [6.07, 6.45) is 10.4. The van der Waals surface area contributed by atoms with E-state index in [4.69, 9.17) is 9.57 Å². The Morgan fingerprint density at radius 1 is 1.09 bits per heavy atom. The summed E-state index contributed by atoms with van der Waals surface area (Å²) < 4.78 is 8.82. The largest absolute Gasteiger partial charge is 0.350 e. The van der Waals surface area contributed by atoms with Crippen molar-refractivity contribution in [2.75, 3.05) is 12.2 Å². The summed E-state index contributed by atoms with van der Waals surface area (Å²) >= 11 is 0. The van der Waals surface area contributed by atoms with Crippen LogP contribution in [0.3, 0.4) is 0 Å². The van der Waals surface area contributed by atoms with Crippen LogP contribution >= 0.6 is 0 Å². The Morgan fingerprint density at radius 3 is 2.59 bits per heavy atom. The van der Waals surface area contributed by atoms with Gasteiger partial charge in [-0.05, 0) is 60.6 Å². The van der Waals surface area contributed by atoms with Gasteiger partial charge in [0.15, 0.2) is 6.29 Å². The molecule has 8 nitrogen and oxygen atoms in total. The Morgan fingerprint density at radius 2 is 1.91 bits per heavy atom. The molecule has 7 rings (SSSR count). The minimum absolute atomic E-state index is 0.195. The third kappa shape index (κ3) is 3.73. The van der Waals surface area contributed by atoms with Gasteiger partial charge in [-0.2, -0.15) is 5.59 Å². The molecule has 3 aliphatic carbocycles. The first-order valence-electron chi connectivity index (χ1n) is 11.4. The van der Waals surface area contributed by atoms with Crippen molar-refractivity contribution >= 4 is 0 Å². The highest BCUT2D eigenvalue weighted by atomic mass is 16.8. The number of ether oxygens (including phenoxy) is 1. The predicted molar refractivity (Wildman–Crippen MR) is 119 cm³/mol. The molecule has 3 heterocycles. The van der Waals surface area contributed by atoms with Crippen LogP contribution in [0.15, 0.2) is 53.6 Å². The first-order chi connectivity index (χ1) is 15.7. The third-order valence-corrected chi connectivity index (χ3v) is 7.06. The summed E-state index contributed by atoms with van der Waals surface area (Å²) in [6, 6.07) is 11.5. The van der Waals surface area contributed by atoms with Gasteiger partial charge in [0.1, 0.15) is 5.69 Å². The molecule has 0 radical (unpaired) electrons. The maximum Gasteiger partial charge on any atom is 0.271 e. The van der Waals surface area contributed by atoms with Crippen molar-refractivity contribution in [3.8, 4) is 22.4 Å². The summed E-state index contributed by atoms with van der Waals surface area (Å²) in [5.41, 5.74) is 6.71. The fraction of sp³-hybridized carbons (Fsp3) is 0.458. The minimum atomic E-state index is -0.320. The maximum absolute atomic E-state index is 12.5. The zero-order valence-corrected chi connectivity index (χ0v) is 17.9. The molecule has 2 aromatic heterocycles. The van der Waals surface area contributed by atoms with E-state index in [1.54, 1.807) is 12.3 Å². The zero-order valence-electron chi connectivity index (χ0n) is 17.9. The van der Waals surface area contributed by atoms with Crippen molar-refractivity contribution in [3.63, 3.8) is 0 Å². The molecule has 3 saturated carbocycles. The Labute approximate surface area is 186 Å². The number of pyridine rings is 1. The summed E-state index contributed by atoms with van der Waals surface area (Å²) in [5, 5.41) is 8.69. The van der Waals surface area contributed by atoms with Crippen molar-refractivity contribution in [2.45, 2.75) is 51.4 Å². The van der Waals surface area contributed by atoms with Crippen LogP contribution in [-0.2, 0) is 16.1 Å². The van der Waals surface area contributed by atoms with Gasteiger partial charge in [-0.15, -0.1) is 5.10 Å². The Hall–Kier alpha value is -2.97. The van der Waals surface area contributed by atoms with E-state index >= 15 is 0 Å². The molecule has 2 bridgehead atoms. The molecule has 1 atom stereocenters. The van der Waals surface area contributed by atoms with Gasteiger partial charge in [-0.3, -0.25) is 9.48 Å². The maximum atomic E-state index is 12.5. The van der Waals surface area contributed by atoms with Gasteiger partial charge in [0.2, 0.25) is 0 Å². The lowest BCUT2D eigenvalue weighted by Gasteiger charge is -2.61. The van der Waals surface area contributed by atoms with E-state index < -0.39 is 0 Å². The third-order valence-electron chi connectivity index (χ3n) is 7.06. The normalized spacial score (nSPS) is 26.2. The molecule has 1 unspecified atom stereocenters. The monoisotopic (exact) mass is 433 g/mol. The molecule has 166 valence electrons. The smallest absolute Gasteiger partial charge is 0.271 e. The van der Waals surface area contributed by atoms with Crippen molar-refractivity contribution in [1.82, 2.24) is 19.7 Å². The van der Waals surface area contributed by atoms with E-state index in [9.17, 15) is 4.79 Å². The van der Waals surface area contributed by atoms with Crippen molar-refractivity contribution < 1.29 is 9.57 Å². The second kappa shape index (κ2) is 7.86. The first-order valence-corrected chi connectivity index (χ1v) is 11.4. The predicted octanol–water partition coefficient (Wildman–Crippen LogP) is 3.58. The van der Waals surface area contributed by atoms with Crippen LogP contribution in [0.4, 0.5) is 0 Å². The molecule has 1 aliphatic heterocycles. The molecule has 1 N–H and O–H groups in total. The van der Waals surface area contributed by atoms with Crippen LogP contribution in [0, 0.1) is 11.3 Å².